The molecule has 0 radical (unpaired) electrons. The summed E-state index contributed by atoms with van der Waals surface area (Å²) in [6.07, 6.45) is -0.0116. The van der Waals surface area contributed by atoms with E-state index in [2.05, 4.69) is 41.4 Å². The van der Waals surface area contributed by atoms with Crippen molar-refractivity contribution in [1.29, 1.82) is 0 Å². The van der Waals surface area contributed by atoms with Crippen molar-refractivity contribution < 1.29 is 14.3 Å². The van der Waals surface area contributed by atoms with Crippen LogP contribution in [0, 0.1) is 0 Å². The van der Waals surface area contributed by atoms with Crippen LogP contribution in [-0.2, 0) is 9.53 Å². The maximum absolute atomic E-state index is 11.9. The first-order chi connectivity index (χ1) is 8.46. The van der Waals surface area contributed by atoms with Gasteiger partial charge in [0.15, 0.2) is 5.78 Å². The highest BCUT2D eigenvalue weighted by molar-refractivity contribution is 7.81. The van der Waals surface area contributed by atoms with Crippen molar-refractivity contribution in [2.45, 2.75) is 38.5 Å². The van der Waals surface area contributed by atoms with Gasteiger partial charge in [-0.1, -0.05) is 13.8 Å². The van der Waals surface area contributed by atoms with Crippen LogP contribution in [-0.4, -0.2) is 54.8 Å². The standard InChI is InChI=1S/C12H24N2O3S/c1-5-14(6-2)8-7-10(11(15)9(3)18)13-12(16)17-4/h9-10,18H,5-8H2,1-4H3,(H,13,16)/t9?,10-/m1/s1. The lowest BCUT2D eigenvalue weighted by Crippen LogP contribution is -2.45. The number of nitrogens with zero attached hydrogens (tertiary/aromatic N) is 1. The summed E-state index contributed by atoms with van der Waals surface area (Å²) in [5, 5.41) is 2.17. The summed E-state index contributed by atoms with van der Waals surface area (Å²) in [5.41, 5.74) is 0. The van der Waals surface area contributed by atoms with Gasteiger partial charge in [-0.2, -0.15) is 12.6 Å². The smallest absolute Gasteiger partial charge is 0.407 e. The Hall–Kier alpha value is -0.750. The van der Waals surface area contributed by atoms with Crippen molar-refractivity contribution in [3.05, 3.63) is 0 Å². The molecule has 0 rings (SSSR count). The Balaban J connectivity index is 4.47. The van der Waals surface area contributed by atoms with Crippen LogP contribution in [0.1, 0.15) is 27.2 Å². The molecule has 1 N–H and O–H groups in total. The van der Waals surface area contributed by atoms with E-state index in [0.29, 0.717) is 6.42 Å². The molecule has 0 spiro atoms. The Morgan fingerprint density at radius 1 is 1.33 bits per heavy atom. The molecule has 18 heavy (non-hydrogen) atoms. The van der Waals surface area contributed by atoms with E-state index in [1.807, 2.05) is 0 Å². The summed E-state index contributed by atoms with van der Waals surface area (Å²) in [7, 11) is 1.28. The van der Waals surface area contributed by atoms with Crippen molar-refractivity contribution >= 4 is 24.5 Å². The Morgan fingerprint density at radius 3 is 2.28 bits per heavy atom. The Labute approximate surface area is 115 Å². The highest BCUT2D eigenvalue weighted by Gasteiger charge is 2.24. The molecule has 1 amide bonds. The lowest BCUT2D eigenvalue weighted by Gasteiger charge is -2.23. The molecule has 0 bridgehead atoms. The van der Waals surface area contributed by atoms with Crippen LogP contribution >= 0.6 is 12.6 Å². The number of methoxy groups -OCH3 is 1. The molecule has 1 unspecified atom stereocenters. The molecule has 5 nitrogen and oxygen atoms in total. The summed E-state index contributed by atoms with van der Waals surface area (Å²) < 4.78 is 4.53. The van der Waals surface area contributed by atoms with E-state index in [1.54, 1.807) is 6.92 Å². The SMILES string of the molecule is CCN(CC)CC[C@@H](NC(=O)OC)C(=O)C(C)S. The summed E-state index contributed by atoms with van der Waals surface area (Å²) in [6.45, 7) is 8.44. The fraction of sp³-hybridized carbons (Fsp3) is 0.833. The van der Waals surface area contributed by atoms with Gasteiger partial charge in [-0.3, -0.25) is 4.79 Å². The molecule has 0 aromatic heterocycles. The van der Waals surface area contributed by atoms with Gasteiger partial charge in [-0.25, -0.2) is 4.79 Å². The van der Waals surface area contributed by atoms with Crippen LogP contribution in [0.5, 0.6) is 0 Å². The zero-order chi connectivity index (χ0) is 14.1. The van der Waals surface area contributed by atoms with E-state index in [4.69, 9.17) is 0 Å². The second kappa shape index (κ2) is 9.22. The quantitative estimate of drug-likeness (QED) is 0.657. The predicted molar refractivity (Wildman–Crippen MR) is 75.2 cm³/mol. The fourth-order valence-electron chi connectivity index (χ4n) is 1.63. The molecule has 0 aromatic carbocycles. The number of thiol groups is 1. The number of ether oxygens (including phenoxy) is 1. The number of Topliss-reactive ketones (excluding diaryl/α,β-unsaturated/α-hetero) is 1. The number of nitrogens with one attached hydrogen (secondary N) is 1. The van der Waals surface area contributed by atoms with Gasteiger partial charge in [-0.15, -0.1) is 0 Å². The molecule has 0 aliphatic carbocycles. The molecule has 0 saturated heterocycles. The van der Waals surface area contributed by atoms with Gasteiger partial charge in [0, 0.05) is 6.54 Å². The first-order valence-electron chi connectivity index (χ1n) is 6.24. The molecule has 106 valence electrons. The average Bonchev–Trinajstić information content (AvgIpc) is 2.37. The first kappa shape index (κ1) is 17.2. The predicted octanol–water partition coefficient (Wildman–Crippen LogP) is 1.33. The van der Waals surface area contributed by atoms with Crippen LogP contribution in [0.3, 0.4) is 0 Å². The zero-order valence-electron chi connectivity index (χ0n) is 11.6. The largest absolute Gasteiger partial charge is 0.453 e. The lowest BCUT2D eigenvalue weighted by atomic mass is 10.1. The number of carbonyl (C=O) groups excluding carboxylic acids is 2. The van der Waals surface area contributed by atoms with Gasteiger partial charge in [0.05, 0.1) is 18.4 Å². The summed E-state index contributed by atoms with van der Waals surface area (Å²) >= 11 is 4.12. The van der Waals surface area contributed by atoms with E-state index in [-0.39, 0.29) is 5.78 Å². The van der Waals surface area contributed by atoms with Crippen LogP contribution in [0.15, 0.2) is 0 Å². The summed E-state index contributed by atoms with van der Waals surface area (Å²) in [6, 6.07) is -0.537. The lowest BCUT2D eigenvalue weighted by molar-refractivity contribution is -0.120. The van der Waals surface area contributed by atoms with Crippen molar-refractivity contribution in [3.63, 3.8) is 0 Å². The number of hydrogen-bond donors (Lipinski definition) is 2. The Kier molecular flexibility index (Phi) is 8.83. The van der Waals surface area contributed by atoms with Crippen LogP contribution in [0.4, 0.5) is 4.79 Å². The molecular formula is C12H24N2O3S. The van der Waals surface area contributed by atoms with Crippen molar-refractivity contribution in [2.75, 3.05) is 26.7 Å². The number of amides is 1. The topological polar surface area (TPSA) is 58.6 Å². The molecule has 0 aromatic rings. The third-order valence-corrected chi connectivity index (χ3v) is 3.12. The highest BCUT2D eigenvalue weighted by Crippen LogP contribution is 2.05. The molecule has 0 fully saturated rings. The third-order valence-electron chi connectivity index (χ3n) is 2.86. The minimum absolute atomic E-state index is 0.0871. The van der Waals surface area contributed by atoms with Gasteiger partial charge < -0.3 is 15.0 Å². The van der Waals surface area contributed by atoms with Crippen LogP contribution in [0.2, 0.25) is 0 Å². The highest BCUT2D eigenvalue weighted by atomic mass is 32.1. The second-order valence-corrected chi connectivity index (χ2v) is 4.86. The van der Waals surface area contributed by atoms with E-state index in [1.165, 1.54) is 7.11 Å². The Bertz CT molecular complexity index is 268. The molecule has 0 aliphatic rings. The third kappa shape index (κ3) is 6.26. The zero-order valence-corrected chi connectivity index (χ0v) is 12.5. The summed E-state index contributed by atoms with van der Waals surface area (Å²) in [5.74, 6) is -0.0871. The maximum atomic E-state index is 11.9. The molecule has 0 aliphatic heterocycles. The number of rotatable bonds is 8. The van der Waals surface area contributed by atoms with Gasteiger partial charge in [0.1, 0.15) is 0 Å². The molecule has 6 heteroatoms. The number of ketones is 1. The van der Waals surface area contributed by atoms with Gasteiger partial charge in [-0.05, 0) is 26.4 Å². The van der Waals surface area contributed by atoms with Gasteiger partial charge in [0.25, 0.3) is 0 Å². The number of carbonyl (C=O) groups is 2. The van der Waals surface area contributed by atoms with E-state index < -0.39 is 17.4 Å². The van der Waals surface area contributed by atoms with Crippen LogP contribution in [0.25, 0.3) is 0 Å². The molecule has 2 atom stereocenters. The second-order valence-electron chi connectivity index (χ2n) is 4.08. The van der Waals surface area contributed by atoms with Gasteiger partial charge in [0.2, 0.25) is 0 Å². The minimum Gasteiger partial charge on any atom is -0.453 e. The van der Waals surface area contributed by atoms with Crippen molar-refractivity contribution in [3.8, 4) is 0 Å². The first-order valence-corrected chi connectivity index (χ1v) is 6.76. The molecule has 0 saturated carbocycles. The monoisotopic (exact) mass is 276 g/mol. The summed E-state index contributed by atoms with van der Waals surface area (Å²) in [4.78, 5) is 25.3. The number of alkyl carbamates (subject to hydrolysis) is 1. The van der Waals surface area contributed by atoms with Crippen molar-refractivity contribution in [1.82, 2.24) is 10.2 Å². The van der Waals surface area contributed by atoms with Gasteiger partial charge >= 0.3 is 6.09 Å². The van der Waals surface area contributed by atoms with E-state index >= 15 is 0 Å². The molecule has 0 heterocycles. The average molecular weight is 276 g/mol. The minimum atomic E-state index is -0.582. The van der Waals surface area contributed by atoms with E-state index in [0.717, 1.165) is 19.6 Å². The normalized spacial score (nSPS) is 14.1. The van der Waals surface area contributed by atoms with Crippen LogP contribution < -0.4 is 5.32 Å². The number of hydrogen-bond acceptors (Lipinski definition) is 5. The van der Waals surface area contributed by atoms with E-state index in [9.17, 15) is 9.59 Å². The fourth-order valence-corrected chi connectivity index (χ4v) is 1.81. The van der Waals surface area contributed by atoms with Crippen molar-refractivity contribution in [2.24, 2.45) is 0 Å². The Morgan fingerprint density at radius 2 is 1.89 bits per heavy atom. The molecular weight excluding hydrogens is 252 g/mol. The maximum Gasteiger partial charge on any atom is 0.407 e.